The molecule has 27 heavy (non-hydrogen) atoms. The number of aromatic carboxylic acids is 1. The Morgan fingerprint density at radius 1 is 0.926 bits per heavy atom. The van der Waals surface area contributed by atoms with Gasteiger partial charge in [0.1, 0.15) is 0 Å². The number of amides is 1. The Bertz CT molecular complexity index is 948. The maximum atomic E-state index is 12.6. The number of benzene rings is 2. The van der Waals surface area contributed by atoms with E-state index in [9.17, 15) is 23.1 Å². The van der Waals surface area contributed by atoms with Crippen molar-refractivity contribution >= 4 is 27.6 Å². The molecule has 1 fully saturated rings. The molecule has 0 spiro atoms. The lowest BCUT2D eigenvalue weighted by Crippen LogP contribution is -2.35. The highest BCUT2D eigenvalue weighted by Gasteiger charge is 2.25. The van der Waals surface area contributed by atoms with Crippen molar-refractivity contribution in [2.24, 2.45) is 0 Å². The first-order valence-corrected chi connectivity index (χ1v) is 10.0. The summed E-state index contributed by atoms with van der Waals surface area (Å²) in [5.41, 5.74) is 0.536. The molecule has 1 aliphatic heterocycles. The summed E-state index contributed by atoms with van der Waals surface area (Å²) in [5, 5.41) is 13.5. The van der Waals surface area contributed by atoms with Gasteiger partial charge in [-0.25, -0.2) is 8.42 Å². The van der Waals surface area contributed by atoms with Crippen molar-refractivity contribution in [1.82, 2.24) is 4.31 Å². The quantitative estimate of drug-likeness (QED) is 0.836. The summed E-state index contributed by atoms with van der Waals surface area (Å²) in [4.78, 5) is 23.4. The van der Waals surface area contributed by atoms with Gasteiger partial charge in [0.2, 0.25) is 10.0 Å². The highest BCUT2D eigenvalue weighted by atomic mass is 32.2. The molecule has 0 bridgehead atoms. The third kappa shape index (κ3) is 4.35. The maximum absolute atomic E-state index is 12.6. The van der Waals surface area contributed by atoms with E-state index in [2.05, 4.69) is 5.32 Å². The number of nitrogens with one attached hydrogen (secondary N) is 1. The first-order valence-electron chi connectivity index (χ1n) is 8.61. The Hall–Kier alpha value is -2.71. The van der Waals surface area contributed by atoms with Crippen LogP contribution in [0.1, 0.15) is 40.0 Å². The summed E-state index contributed by atoms with van der Waals surface area (Å²) in [6.45, 7) is 1.03. The zero-order valence-corrected chi connectivity index (χ0v) is 15.4. The fraction of sp³-hybridized carbons (Fsp3) is 0.263. The normalized spacial score (nSPS) is 15.3. The van der Waals surface area contributed by atoms with Crippen LogP contribution in [-0.4, -0.2) is 37.7 Å². The number of nitrogens with zero attached hydrogens (tertiary/aromatic N) is 1. The maximum Gasteiger partial charge on any atom is 0.255 e. The van der Waals surface area contributed by atoms with Crippen LogP contribution in [-0.2, 0) is 10.0 Å². The van der Waals surface area contributed by atoms with E-state index in [0.29, 0.717) is 18.8 Å². The molecular weight excluding hydrogens is 368 g/mol. The SMILES string of the molecule is O=C([O-])c1cccc(NC(=O)c2ccc(S(=O)(=O)N3CCCCC3)cc2)c1. The number of sulfonamides is 1. The molecule has 0 aliphatic carbocycles. The molecule has 142 valence electrons. The summed E-state index contributed by atoms with van der Waals surface area (Å²) < 4.78 is 26.7. The molecule has 0 atom stereocenters. The van der Waals surface area contributed by atoms with Crippen LogP contribution in [0, 0.1) is 0 Å². The van der Waals surface area contributed by atoms with E-state index < -0.39 is 21.9 Å². The van der Waals surface area contributed by atoms with Crippen LogP contribution in [0.5, 0.6) is 0 Å². The van der Waals surface area contributed by atoms with Crippen molar-refractivity contribution < 1.29 is 23.1 Å². The largest absolute Gasteiger partial charge is 0.545 e. The van der Waals surface area contributed by atoms with Gasteiger partial charge in [0, 0.05) is 24.3 Å². The van der Waals surface area contributed by atoms with Gasteiger partial charge in [0.05, 0.1) is 10.9 Å². The van der Waals surface area contributed by atoms with Gasteiger partial charge >= 0.3 is 0 Å². The molecule has 0 aromatic heterocycles. The molecular formula is C19H19N2O5S-. The number of rotatable bonds is 5. The van der Waals surface area contributed by atoms with Gasteiger partial charge in [-0.15, -0.1) is 0 Å². The summed E-state index contributed by atoms with van der Waals surface area (Å²) >= 11 is 0. The zero-order valence-electron chi connectivity index (χ0n) is 14.6. The van der Waals surface area contributed by atoms with Gasteiger partial charge in [-0.05, 0) is 54.8 Å². The molecule has 0 saturated carbocycles. The molecule has 1 amide bonds. The minimum absolute atomic E-state index is 0.0456. The second-order valence-corrected chi connectivity index (χ2v) is 8.25. The number of carbonyl (C=O) groups is 2. The second kappa shape index (κ2) is 7.89. The van der Waals surface area contributed by atoms with Crippen LogP contribution < -0.4 is 10.4 Å². The van der Waals surface area contributed by atoms with Crippen LogP contribution in [0.4, 0.5) is 5.69 Å². The Labute approximate surface area is 157 Å². The van der Waals surface area contributed by atoms with Crippen molar-refractivity contribution in [2.45, 2.75) is 24.2 Å². The Morgan fingerprint density at radius 3 is 2.22 bits per heavy atom. The van der Waals surface area contributed by atoms with Crippen molar-refractivity contribution in [1.29, 1.82) is 0 Å². The number of hydrogen-bond acceptors (Lipinski definition) is 5. The molecule has 1 saturated heterocycles. The summed E-state index contributed by atoms with van der Waals surface area (Å²) in [6.07, 6.45) is 2.74. The first kappa shape index (κ1) is 19.1. The van der Waals surface area contributed by atoms with Crippen LogP contribution >= 0.6 is 0 Å². The lowest BCUT2D eigenvalue weighted by molar-refractivity contribution is -0.255. The van der Waals surface area contributed by atoms with E-state index in [0.717, 1.165) is 19.3 Å². The van der Waals surface area contributed by atoms with Crippen LogP contribution in [0.15, 0.2) is 53.4 Å². The molecule has 1 N–H and O–H groups in total. The van der Waals surface area contributed by atoms with E-state index in [-0.39, 0.29) is 16.0 Å². The lowest BCUT2D eigenvalue weighted by Gasteiger charge is -2.25. The molecule has 1 aliphatic rings. The minimum Gasteiger partial charge on any atom is -0.545 e. The monoisotopic (exact) mass is 387 g/mol. The average Bonchev–Trinajstić information content (AvgIpc) is 2.69. The Morgan fingerprint density at radius 2 is 1.59 bits per heavy atom. The van der Waals surface area contributed by atoms with E-state index in [1.54, 1.807) is 6.07 Å². The first-order chi connectivity index (χ1) is 12.9. The van der Waals surface area contributed by atoms with E-state index in [1.807, 2.05) is 0 Å². The van der Waals surface area contributed by atoms with Crippen molar-refractivity contribution in [3.63, 3.8) is 0 Å². The summed E-state index contributed by atoms with van der Waals surface area (Å²) in [7, 11) is -3.55. The minimum atomic E-state index is -3.55. The van der Waals surface area contributed by atoms with Crippen molar-refractivity contribution in [3.8, 4) is 0 Å². The highest BCUT2D eigenvalue weighted by molar-refractivity contribution is 7.89. The van der Waals surface area contributed by atoms with Gasteiger partial charge in [0.15, 0.2) is 0 Å². The van der Waals surface area contributed by atoms with Gasteiger partial charge in [-0.1, -0.05) is 18.6 Å². The Kier molecular flexibility index (Phi) is 5.57. The van der Waals surface area contributed by atoms with Gasteiger partial charge in [-0.3, -0.25) is 4.79 Å². The summed E-state index contributed by atoms with van der Waals surface area (Å²) in [5.74, 6) is -1.80. The molecule has 2 aromatic rings. The molecule has 3 rings (SSSR count). The van der Waals surface area contributed by atoms with Gasteiger partial charge in [-0.2, -0.15) is 4.31 Å². The standard InChI is InChI=1S/C19H20N2O5S/c22-18(20-16-6-4-5-15(13-16)19(23)24)14-7-9-17(10-8-14)27(25,26)21-11-2-1-3-12-21/h4-10,13H,1-3,11-12H2,(H,20,22)(H,23,24)/p-1. The predicted molar refractivity (Wildman–Crippen MR) is 97.8 cm³/mol. The lowest BCUT2D eigenvalue weighted by atomic mass is 10.2. The number of carboxylic acid groups (broad SMARTS) is 1. The smallest absolute Gasteiger partial charge is 0.255 e. The fourth-order valence-corrected chi connectivity index (χ4v) is 4.48. The Balaban J connectivity index is 1.74. The number of carbonyl (C=O) groups excluding carboxylic acids is 2. The van der Waals surface area contributed by atoms with E-state index >= 15 is 0 Å². The number of anilines is 1. The predicted octanol–water partition coefficient (Wildman–Crippen LogP) is 1.48. The molecule has 0 unspecified atom stereocenters. The third-order valence-electron chi connectivity index (χ3n) is 4.43. The molecule has 0 radical (unpaired) electrons. The topological polar surface area (TPSA) is 107 Å². The van der Waals surface area contributed by atoms with Crippen molar-refractivity contribution in [2.75, 3.05) is 18.4 Å². The summed E-state index contributed by atoms with van der Waals surface area (Å²) in [6, 6.07) is 11.4. The number of hydrogen-bond donors (Lipinski definition) is 1. The average molecular weight is 387 g/mol. The highest BCUT2D eigenvalue weighted by Crippen LogP contribution is 2.21. The van der Waals surface area contributed by atoms with Crippen molar-refractivity contribution in [3.05, 3.63) is 59.7 Å². The number of piperidine rings is 1. The second-order valence-electron chi connectivity index (χ2n) is 6.31. The van der Waals surface area contributed by atoms with E-state index in [4.69, 9.17) is 0 Å². The van der Waals surface area contributed by atoms with E-state index in [1.165, 1.54) is 46.8 Å². The van der Waals surface area contributed by atoms with Crippen LogP contribution in [0.3, 0.4) is 0 Å². The molecule has 2 aromatic carbocycles. The molecule has 1 heterocycles. The van der Waals surface area contributed by atoms with Gasteiger partial charge in [0.25, 0.3) is 5.91 Å². The third-order valence-corrected chi connectivity index (χ3v) is 6.34. The van der Waals surface area contributed by atoms with Crippen LogP contribution in [0.2, 0.25) is 0 Å². The number of carboxylic acids is 1. The zero-order chi connectivity index (χ0) is 19.4. The van der Waals surface area contributed by atoms with Crippen LogP contribution in [0.25, 0.3) is 0 Å². The molecule has 7 nitrogen and oxygen atoms in total. The molecule has 8 heteroatoms. The fourth-order valence-electron chi connectivity index (χ4n) is 2.96. The van der Waals surface area contributed by atoms with Gasteiger partial charge < -0.3 is 15.2 Å².